The van der Waals surface area contributed by atoms with E-state index < -0.39 is 0 Å². The third-order valence-electron chi connectivity index (χ3n) is 2.00. The molecule has 2 nitrogen and oxygen atoms in total. The molecule has 0 spiro atoms. The molecular formula is C11H8ClNOS. The molecule has 2 rings (SSSR count). The van der Waals surface area contributed by atoms with Crippen LogP contribution in [0.3, 0.4) is 0 Å². The van der Waals surface area contributed by atoms with Crippen LogP contribution in [0.15, 0.2) is 30.6 Å². The van der Waals surface area contributed by atoms with Crippen LogP contribution in [-0.2, 0) is 0 Å². The molecule has 0 fully saturated rings. The fraction of sp³-hybridized carbons (Fsp3) is 0.0909. The molecule has 2 heterocycles. The van der Waals surface area contributed by atoms with Gasteiger partial charge in [-0.3, -0.25) is 9.78 Å². The number of carbonyl (C=O) groups is 1. The summed E-state index contributed by atoms with van der Waals surface area (Å²) in [6.45, 7) is 1.53. The number of hydrogen-bond donors (Lipinski definition) is 0. The zero-order valence-electron chi connectivity index (χ0n) is 8.03. The number of aromatic nitrogens is 1. The Morgan fingerprint density at radius 3 is 2.80 bits per heavy atom. The van der Waals surface area contributed by atoms with Crippen LogP contribution in [0.5, 0.6) is 0 Å². The van der Waals surface area contributed by atoms with Crippen LogP contribution >= 0.6 is 22.9 Å². The van der Waals surface area contributed by atoms with Crippen LogP contribution < -0.4 is 0 Å². The number of thiophene rings is 1. The van der Waals surface area contributed by atoms with Crippen molar-refractivity contribution in [2.45, 2.75) is 6.92 Å². The molecule has 0 aliphatic heterocycles. The van der Waals surface area contributed by atoms with Gasteiger partial charge < -0.3 is 0 Å². The van der Waals surface area contributed by atoms with Crippen molar-refractivity contribution in [3.63, 3.8) is 0 Å². The summed E-state index contributed by atoms with van der Waals surface area (Å²) in [7, 11) is 0. The van der Waals surface area contributed by atoms with Crippen molar-refractivity contribution >= 4 is 28.7 Å². The topological polar surface area (TPSA) is 30.0 Å². The second kappa shape index (κ2) is 4.13. The number of Topliss-reactive ketones (excluding diaryl/α,β-unsaturated/α-hetero) is 1. The van der Waals surface area contributed by atoms with E-state index in [1.54, 1.807) is 12.4 Å². The molecule has 0 unspecified atom stereocenters. The van der Waals surface area contributed by atoms with Gasteiger partial charge in [0, 0.05) is 28.4 Å². The molecule has 0 aliphatic rings. The van der Waals surface area contributed by atoms with Crippen LogP contribution in [0.25, 0.3) is 10.4 Å². The molecular weight excluding hydrogens is 230 g/mol. The third kappa shape index (κ3) is 2.25. The number of halogens is 1. The SMILES string of the molecule is CC(=O)c1cncc(-c2ccc(Cl)s2)c1. The van der Waals surface area contributed by atoms with E-state index in [9.17, 15) is 4.79 Å². The highest BCUT2D eigenvalue weighted by Crippen LogP contribution is 2.30. The minimum absolute atomic E-state index is 0.0204. The monoisotopic (exact) mass is 237 g/mol. The molecule has 4 heteroatoms. The maximum absolute atomic E-state index is 11.2. The molecule has 76 valence electrons. The summed E-state index contributed by atoms with van der Waals surface area (Å²) in [5, 5.41) is 0. The van der Waals surface area contributed by atoms with Crippen molar-refractivity contribution in [2.75, 3.05) is 0 Å². The van der Waals surface area contributed by atoms with E-state index in [0.717, 1.165) is 14.8 Å². The standard InChI is InChI=1S/C11H8ClNOS/c1-7(14)8-4-9(6-13-5-8)10-2-3-11(12)15-10/h2-6H,1H3. The van der Waals surface area contributed by atoms with Crippen molar-refractivity contribution in [2.24, 2.45) is 0 Å². The van der Waals surface area contributed by atoms with Crippen LogP contribution in [0.2, 0.25) is 4.34 Å². The average Bonchev–Trinajstić information content (AvgIpc) is 2.65. The largest absolute Gasteiger partial charge is 0.294 e. The van der Waals surface area contributed by atoms with Crippen molar-refractivity contribution < 1.29 is 4.79 Å². The van der Waals surface area contributed by atoms with E-state index >= 15 is 0 Å². The fourth-order valence-corrected chi connectivity index (χ4v) is 2.26. The number of ketones is 1. The molecule has 0 aliphatic carbocycles. The summed E-state index contributed by atoms with van der Waals surface area (Å²) in [6.07, 6.45) is 3.30. The summed E-state index contributed by atoms with van der Waals surface area (Å²) in [5.74, 6) is 0.0204. The first-order valence-corrected chi connectivity index (χ1v) is 5.58. The fourth-order valence-electron chi connectivity index (χ4n) is 1.24. The Hall–Kier alpha value is -1.19. The number of hydrogen-bond acceptors (Lipinski definition) is 3. The van der Waals surface area contributed by atoms with Crippen LogP contribution in [-0.4, -0.2) is 10.8 Å². The third-order valence-corrected chi connectivity index (χ3v) is 3.28. The molecule has 0 N–H and O–H groups in total. The predicted molar refractivity (Wildman–Crippen MR) is 62.6 cm³/mol. The first-order valence-electron chi connectivity index (χ1n) is 4.38. The maximum Gasteiger partial charge on any atom is 0.161 e. The summed E-state index contributed by atoms with van der Waals surface area (Å²) in [6, 6.07) is 5.59. The zero-order valence-corrected chi connectivity index (χ0v) is 9.60. The highest BCUT2D eigenvalue weighted by molar-refractivity contribution is 7.19. The molecule has 0 radical (unpaired) electrons. The Morgan fingerprint density at radius 2 is 2.20 bits per heavy atom. The summed E-state index contributed by atoms with van der Waals surface area (Å²) < 4.78 is 0.734. The van der Waals surface area contributed by atoms with Crippen LogP contribution in [0.1, 0.15) is 17.3 Å². The van der Waals surface area contributed by atoms with Crippen molar-refractivity contribution in [1.29, 1.82) is 0 Å². The van der Waals surface area contributed by atoms with Gasteiger partial charge in [-0.15, -0.1) is 11.3 Å². The molecule has 0 amide bonds. The smallest absolute Gasteiger partial charge is 0.161 e. The van der Waals surface area contributed by atoms with Gasteiger partial charge in [-0.05, 0) is 25.1 Å². The quantitative estimate of drug-likeness (QED) is 0.746. The van der Waals surface area contributed by atoms with Gasteiger partial charge >= 0.3 is 0 Å². The van der Waals surface area contributed by atoms with Gasteiger partial charge in [-0.25, -0.2) is 0 Å². The Labute approximate surface area is 96.5 Å². The normalized spacial score (nSPS) is 10.3. The predicted octanol–water partition coefficient (Wildman–Crippen LogP) is 3.67. The second-order valence-electron chi connectivity index (χ2n) is 3.12. The molecule has 0 saturated heterocycles. The van der Waals surface area contributed by atoms with Gasteiger partial charge in [0.15, 0.2) is 5.78 Å². The number of pyridine rings is 1. The molecule has 0 saturated carbocycles. The van der Waals surface area contributed by atoms with Gasteiger partial charge in [0.1, 0.15) is 0 Å². The lowest BCUT2D eigenvalue weighted by molar-refractivity contribution is 0.101. The highest BCUT2D eigenvalue weighted by Gasteiger charge is 2.05. The average molecular weight is 238 g/mol. The van der Waals surface area contributed by atoms with E-state index in [1.165, 1.54) is 18.3 Å². The lowest BCUT2D eigenvalue weighted by Gasteiger charge is -1.98. The summed E-state index contributed by atoms with van der Waals surface area (Å²) >= 11 is 7.32. The van der Waals surface area contributed by atoms with Gasteiger partial charge in [0.25, 0.3) is 0 Å². The molecule has 2 aromatic rings. The first kappa shape index (κ1) is 10.3. The van der Waals surface area contributed by atoms with Gasteiger partial charge in [-0.1, -0.05) is 11.6 Å². The zero-order chi connectivity index (χ0) is 10.8. The number of nitrogens with zero attached hydrogens (tertiary/aromatic N) is 1. The van der Waals surface area contributed by atoms with Crippen LogP contribution in [0.4, 0.5) is 0 Å². The van der Waals surface area contributed by atoms with Gasteiger partial charge in [0.05, 0.1) is 4.34 Å². The van der Waals surface area contributed by atoms with Crippen LogP contribution in [0, 0.1) is 0 Å². The molecule has 0 aromatic carbocycles. The Balaban J connectivity index is 2.45. The molecule has 15 heavy (non-hydrogen) atoms. The second-order valence-corrected chi connectivity index (χ2v) is 4.84. The Morgan fingerprint density at radius 1 is 1.40 bits per heavy atom. The van der Waals surface area contributed by atoms with Gasteiger partial charge in [-0.2, -0.15) is 0 Å². The van der Waals surface area contributed by atoms with Crippen molar-refractivity contribution in [3.05, 3.63) is 40.5 Å². The Kier molecular flexibility index (Phi) is 2.84. The summed E-state index contributed by atoms with van der Waals surface area (Å²) in [5.41, 5.74) is 1.55. The Bertz CT molecular complexity index is 507. The number of carbonyl (C=O) groups excluding carboxylic acids is 1. The highest BCUT2D eigenvalue weighted by atomic mass is 35.5. The molecule has 0 atom stereocenters. The van der Waals surface area contributed by atoms with Crippen molar-refractivity contribution in [3.8, 4) is 10.4 Å². The lowest BCUT2D eigenvalue weighted by atomic mass is 10.1. The van der Waals surface area contributed by atoms with Crippen molar-refractivity contribution in [1.82, 2.24) is 4.98 Å². The van der Waals surface area contributed by atoms with E-state index in [-0.39, 0.29) is 5.78 Å². The van der Waals surface area contributed by atoms with E-state index in [0.29, 0.717) is 5.56 Å². The van der Waals surface area contributed by atoms with Gasteiger partial charge in [0.2, 0.25) is 0 Å². The maximum atomic E-state index is 11.2. The minimum atomic E-state index is 0.0204. The summed E-state index contributed by atoms with van der Waals surface area (Å²) in [4.78, 5) is 16.2. The number of rotatable bonds is 2. The molecule has 2 aromatic heterocycles. The van der Waals surface area contributed by atoms with E-state index in [1.807, 2.05) is 18.2 Å². The first-order chi connectivity index (χ1) is 7.16. The minimum Gasteiger partial charge on any atom is -0.294 e. The lowest BCUT2D eigenvalue weighted by Crippen LogP contribution is -1.92. The molecule has 0 bridgehead atoms. The van der Waals surface area contributed by atoms with E-state index in [4.69, 9.17) is 11.6 Å². The van der Waals surface area contributed by atoms with E-state index in [2.05, 4.69) is 4.98 Å².